The maximum absolute atomic E-state index is 10.4. The molecule has 1 heterocycles. The van der Waals surface area contributed by atoms with Crippen LogP contribution in [0.15, 0.2) is 35.3 Å². The average molecular weight is 424 g/mol. The second kappa shape index (κ2) is 10.1. The van der Waals surface area contributed by atoms with Gasteiger partial charge in [0.1, 0.15) is 17.6 Å². The number of fused-ring (bicyclic) bond motifs is 1. The van der Waals surface area contributed by atoms with Crippen molar-refractivity contribution in [3.63, 3.8) is 0 Å². The molecule has 0 saturated carbocycles. The second-order valence-corrected chi connectivity index (χ2v) is 8.40. The summed E-state index contributed by atoms with van der Waals surface area (Å²) in [5, 5.41) is 17.2. The molecular formula is C25H33N3O3. The summed E-state index contributed by atoms with van der Waals surface area (Å²) in [4.78, 5) is 4.36. The van der Waals surface area contributed by atoms with E-state index in [4.69, 9.17) is 9.47 Å². The number of guanidine groups is 1. The molecule has 0 amide bonds. The first-order valence-electron chi connectivity index (χ1n) is 11.2. The van der Waals surface area contributed by atoms with Crippen LogP contribution >= 0.6 is 0 Å². The number of hydrogen-bond donors (Lipinski definition) is 3. The van der Waals surface area contributed by atoms with E-state index in [0.717, 1.165) is 42.7 Å². The summed E-state index contributed by atoms with van der Waals surface area (Å²) in [6.07, 6.45) is 5.57. The van der Waals surface area contributed by atoms with E-state index in [9.17, 15) is 5.11 Å². The summed E-state index contributed by atoms with van der Waals surface area (Å²) in [6.45, 7) is 4.63. The molecule has 1 fully saturated rings. The lowest BCUT2D eigenvalue weighted by Gasteiger charge is -2.22. The molecule has 1 atom stereocenters. The van der Waals surface area contributed by atoms with Gasteiger partial charge >= 0.3 is 0 Å². The number of phenols is 1. The minimum Gasteiger partial charge on any atom is -0.508 e. The zero-order valence-electron chi connectivity index (χ0n) is 18.5. The van der Waals surface area contributed by atoms with Crippen molar-refractivity contribution in [2.75, 3.05) is 20.3 Å². The first-order valence-corrected chi connectivity index (χ1v) is 11.2. The van der Waals surface area contributed by atoms with Crippen molar-refractivity contribution in [2.24, 2.45) is 4.99 Å². The molecule has 4 rings (SSSR count). The minimum atomic E-state index is 0.116. The van der Waals surface area contributed by atoms with E-state index in [2.05, 4.69) is 46.8 Å². The Morgan fingerprint density at radius 3 is 2.81 bits per heavy atom. The van der Waals surface area contributed by atoms with Crippen LogP contribution in [-0.4, -0.2) is 37.4 Å². The molecule has 1 aliphatic carbocycles. The quantitative estimate of drug-likeness (QED) is 0.489. The molecule has 166 valence electrons. The first kappa shape index (κ1) is 21.5. The van der Waals surface area contributed by atoms with Gasteiger partial charge in [-0.2, -0.15) is 0 Å². The van der Waals surface area contributed by atoms with Gasteiger partial charge in [-0.15, -0.1) is 0 Å². The summed E-state index contributed by atoms with van der Waals surface area (Å²) >= 11 is 0. The van der Waals surface area contributed by atoms with Crippen LogP contribution in [-0.2, 0) is 30.7 Å². The lowest BCUT2D eigenvalue weighted by Crippen LogP contribution is -2.36. The van der Waals surface area contributed by atoms with Gasteiger partial charge in [-0.25, -0.2) is 0 Å². The van der Waals surface area contributed by atoms with E-state index in [0.29, 0.717) is 31.4 Å². The van der Waals surface area contributed by atoms with Crippen LogP contribution in [0.25, 0.3) is 0 Å². The standard InChI is InChI=1S/C25H33N3O3/c1-17-7-8-19(24(13-17)31-20-11-12-30-16-20)14-27-25(26-2)28-15-22-21-6-4-3-5-18(21)9-10-23(22)29/h7-10,13,20,29H,3-6,11-12,14-16H2,1-2H3,(H2,26,27,28). The van der Waals surface area contributed by atoms with Crippen molar-refractivity contribution in [1.29, 1.82) is 0 Å². The predicted octanol–water partition coefficient (Wildman–Crippen LogP) is 3.61. The predicted molar refractivity (Wildman–Crippen MR) is 123 cm³/mol. The molecule has 1 unspecified atom stereocenters. The van der Waals surface area contributed by atoms with Crippen LogP contribution in [0.5, 0.6) is 11.5 Å². The molecule has 0 aromatic heterocycles. The van der Waals surface area contributed by atoms with Crippen molar-refractivity contribution in [3.8, 4) is 11.5 Å². The highest BCUT2D eigenvalue weighted by Gasteiger charge is 2.19. The topological polar surface area (TPSA) is 75.1 Å². The Morgan fingerprint density at radius 1 is 1.16 bits per heavy atom. The summed E-state index contributed by atoms with van der Waals surface area (Å²) in [6, 6.07) is 10.2. The van der Waals surface area contributed by atoms with E-state index in [1.807, 2.05) is 6.07 Å². The molecule has 2 aromatic rings. The molecule has 0 spiro atoms. The van der Waals surface area contributed by atoms with Gasteiger partial charge in [-0.3, -0.25) is 4.99 Å². The van der Waals surface area contributed by atoms with Gasteiger partial charge < -0.3 is 25.2 Å². The Balaban J connectivity index is 1.40. The van der Waals surface area contributed by atoms with Crippen LogP contribution in [0, 0.1) is 6.92 Å². The Kier molecular flexibility index (Phi) is 6.97. The van der Waals surface area contributed by atoms with Gasteiger partial charge in [-0.1, -0.05) is 18.2 Å². The number of aryl methyl sites for hydroxylation is 2. The van der Waals surface area contributed by atoms with E-state index in [-0.39, 0.29) is 6.10 Å². The molecule has 0 bridgehead atoms. The highest BCUT2D eigenvalue weighted by atomic mass is 16.5. The first-order chi connectivity index (χ1) is 15.1. The van der Waals surface area contributed by atoms with Gasteiger partial charge in [0.05, 0.1) is 13.2 Å². The highest BCUT2D eigenvalue weighted by Crippen LogP contribution is 2.30. The maximum Gasteiger partial charge on any atom is 0.191 e. The fourth-order valence-corrected chi connectivity index (χ4v) is 4.36. The van der Waals surface area contributed by atoms with E-state index in [1.165, 1.54) is 29.5 Å². The third-order valence-corrected chi connectivity index (χ3v) is 6.13. The van der Waals surface area contributed by atoms with Gasteiger partial charge in [0.15, 0.2) is 5.96 Å². The SMILES string of the molecule is CN=C(NCc1ccc(C)cc1OC1CCOC1)NCc1c(O)ccc2c1CCCC2. The number of nitrogens with one attached hydrogen (secondary N) is 2. The number of rotatable bonds is 6. The lowest BCUT2D eigenvalue weighted by atomic mass is 9.88. The third-order valence-electron chi connectivity index (χ3n) is 6.13. The van der Waals surface area contributed by atoms with Crippen LogP contribution in [0.3, 0.4) is 0 Å². The number of benzene rings is 2. The summed E-state index contributed by atoms with van der Waals surface area (Å²) in [5.41, 5.74) is 5.90. The summed E-state index contributed by atoms with van der Waals surface area (Å²) < 4.78 is 11.7. The molecule has 2 aliphatic rings. The van der Waals surface area contributed by atoms with Crippen molar-refractivity contribution in [3.05, 3.63) is 58.1 Å². The van der Waals surface area contributed by atoms with Crippen LogP contribution in [0.1, 0.15) is 47.1 Å². The van der Waals surface area contributed by atoms with Crippen molar-refractivity contribution >= 4 is 5.96 Å². The molecular weight excluding hydrogens is 390 g/mol. The average Bonchev–Trinajstić information content (AvgIpc) is 3.29. The Labute approximate surface area is 184 Å². The Morgan fingerprint density at radius 2 is 2.00 bits per heavy atom. The number of hydrogen-bond acceptors (Lipinski definition) is 4. The highest BCUT2D eigenvalue weighted by molar-refractivity contribution is 5.79. The van der Waals surface area contributed by atoms with Crippen molar-refractivity contribution in [2.45, 2.75) is 58.2 Å². The fraction of sp³-hybridized carbons (Fsp3) is 0.480. The largest absolute Gasteiger partial charge is 0.508 e. The molecule has 6 heteroatoms. The Hall–Kier alpha value is -2.73. The Bertz CT molecular complexity index is 936. The van der Waals surface area contributed by atoms with E-state index < -0.39 is 0 Å². The number of aromatic hydroxyl groups is 1. The lowest BCUT2D eigenvalue weighted by molar-refractivity contribution is 0.140. The molecule has 1 saturated heterocycles. The maximum atomic E-state index is 10.4. The zero-order valence-corrected chi connectivity index (χ0v) is 18.5. The number of nitrogens with zero attached hydrogens (tertiary/aromatic N) is 1. The monoisotopic (exact) mass is 423 g/mol. The number of phenolic OH excluding ortho intramolecular Hbond substituents is 1. The molecule has 6 nitrogen and oxygen atoms in total. The fourth-order valence-electron chi connectivity index (χ4n) is 4.36. The molecule has 0 radical (unpaired) electrons. The van der Waals surface area contributed by atoms with Gasteiger partial charge in [-0.05, 0) is 61.4 Å². The van der Waals surface area contributed by atoms with E-state index in [1.54, 1.807) is 7.05 Å². The van der Waals surface area contributed by atoms with Crippen LogP contribution < -0.4 is 15.4 Å². The summed E-state index contributed by atoms with van der Waals surface area (Å²) in [7, 11) is 1.76. The molecule has 2 aromatic carbocycles. The second-order valence-electron chi connectivity index (χ2n) is 8.40. The number of aliphatic imine (C=N–C) groups is 1. The van der Waals surface area contributed by atoms with Gasteiger partial charge in [0, 0.05) is 37.7 Å². The van der Waals surface area contributed by atoms with E-state index >= 15 is 0 Å². The number of ether oxygens (including phenoxy) is 2. The van der Waals surface area contributed by atoms with Gasteiger partial charge in [0.2, 0.25) is 0 Å². The summed E-state index contributed by atoms with van der Waals surface area (Å²) in [5.74, 6) is 1.95. The minimum absolute atomic E-state index is 0.116. The third kappa shape index (κ3) is 5.31. The molecule has 3 N–H and O–H groups in total. The van der Waals surface area contributed by atoms with Gasteiger partial charge in [0.25, 0.3) is 0 Å². The normalized spacial score (nSPS) is 18.5. The van der Waals surface area contributed by atoms with Crippen LogP contribution in [0.4, 0.5) is 0 Å². The van der Waals surface area contributed by atoms with Crippen molar-refractivity contribution in [1.82, 2.24) is 10.6 Å². The zero-order chi connectivity index (χ0) is 21.6. The molecule has 1 aliphatic heterocycles. The van der Waals surface area contributed by atoms with Crippen molar-refractivity contribution < 1.29 is 14.6 Å². The molecule has 31 heavy (non-hydrogen) atoms. The smallest absolute Gasteiger partial charge is 0.191 e. The van der Waals surface area contributed by atoms with Crippen LogP contribution in [0.2, 0.25) is 0 Å².